The van der Waals surface area contributed by atoms with Gasteiger partial charge in [-0.1, -0.05) is 51.3 Å². The number of piperidine rings is 1. The van der Waals surface area contributed by atoms with Crippen LogP contribution in [0.25, 0.3) is 0 Å². The standard InChI is InChI=1S/C31H33Cl3N6O10S2.Na/c1-13(29(46)47)50-38-20(21-25(34)52-31(35)37-21)18(41)10-16-27(45)39-22(30(48)49)14(12-51-28(16)39)11-40(6-3-2-4-7-40)8-5-36-26(44)15-9-17(32)23(42)24(43)19(15)33;/h9,13,16,28H,2-8,10-12H2,1H3,(H6-,35,36,37,38,41,42,43,44,46,47,48,49);/q;+1/p-1/t13-,16+,28+;/m0./s1. The number of benzene rings is 1. The van der Waals surface area contributed by atoms with Crippen molar-refractivity contribution in [2.24, 2.45) is 11.1 Å². The maximum Gasteiger partial charge on any atom is 1.00 e. The zero-order valence-corrected chi connectivity index (χ0v) is 34.3. The number of hydrogen-bond acceptors (Lipinski definition) is 15. The molecule has 4 heterocycles. The Labute approximate surface area is 348 Å². The zero-order chi connectivity index (χ0) is 38.1. The number of Topliss-reactive ketones (excluding diaryl/α,β-unsaturated/α-hetero) is 1. The Balaban J connectivity index is 0.00000627. The van der Waals surface area contributed by atoms with Gasteiger partial charge in [0.15, 0.2) is 34.2 Å². The van der Waals surface area contributed by atoms with E-state index in [1.807, 2.05) is 0 Å². The van der Waals surface area contributed by atoms with Crippen molar-refractivity contribution in [3.8, 4) is 11.5 Å². The molecule has 22 heteroatoms. The number of amides is 2. The monoisotopic (exact) mass is 840 g/mol. The number of aliphatic carboxylic acids is 2. The summed E-state index contributed by atoms with van der Waals surface area (Å²) in [7, 11) is 0. The van der Waals surface area contributed by atoms with Crippen molar-refractivity contribution in [2.45, 2.75) is 44.1 Å². The van der Waals surface area contributed by atoms with Gasteiger partial charge in [-0.2, -0.15) is 0 Å². The van der Waals surface area contributed by atoms with E-state index in [2.05, 4.69) is 15.5 Å². The molecule has 16 nitrogen and oxygen atoms in total. The molecule has 3 aliphatic rings. The van der Waals surface area contributed by atoms with Crippen molar-refractivity contribution in [2.75, 3.05) is 44.2 Å². The number of nitrogens with zero attached hydrogens (tertiary/aromatic N) is 4. The molecule has 3 atom stereocenters. The second-order valence-corrected chi connectivity index (χ2v) is 16.0. The minimum Gasteiger partial charge on any atom is -0.546 e. The number of carboxylic acid groups (broad SMARTS) is 2. The fourth-order valence-electron chi connectivity index (χ4n) is 6.41. The molecule has 53 heavy (non-hydrogen) atoms. The van der Waals surface area contributed by atoms with E-state index in [1.165, 1.54) is 11.8 Å². The SMILES string of the molecule is C[C@H](O/N=C(\C(=O)C[C@@H]1C(=O)N2C(C(=O)[O-])=C(C[N+]3(CCNC(=O)c4cc(Cl)c(O)c(O)c4Cl)CCCCC3)CS[C@H]12)c1nc(N)sc1Cl)C(=O)[O-].[Na+]. The molecule has 2 amide bonds. The Bertz CT molecular complexity index is 1890. The number of anilines is 1. The van der Waals surface area contributed by atoms with Crippen LogP contribution in [0.5, 0.6) is 11.5 Å². The number of carbonyl (C=O) groups excluding carboxylic acids is 5. The fourth-order valence-corrected chi connectivity index (χ4v) is 9.17. The summed E-state index contributed by atoms with van der Waals surface area (Å²) in [5.41, 5.74) is 5.19. The van der Waals surface area contributed by atoms with Crippen molar-refractivity contribution in [1.29, 1.82) is 0 Å². The molecule has 5 rings (SSSR count). The molecule has 1 aromatic carbocycles. The maximum absolute atomic E-state index is 13.5. The number of halogens is 3. The number of thioether (sulfide) groups is 1. The average molecular weight is 842 g/mol. The van der Waals surface area contributed by atoms with Crippen LogP contribution in [0.3, 0.4) is 0 Å². The normalized spacial score (nSPS) is 20.1. The molecule has 2 aromatic rings. The van der Waals surface area contributed by atoms with Crippen LogP contribution >= 0.6 is 57.9 Å². The summed E-state index contributed by atoms with van der Waals surface area (Å²) in [5.74, 6) is -7.27. The van der Waals surface area contributed by atoms with Gasteiger partial charge in [0.25, 0.3) is 5.91 Å². The Morgan fingerprint density at radius 2 is 1.85 bits per heavy atom. The van der Waals surface area contributed by atoms with E-state index in [0.29, 0.717) is 29.7 Å². The first-order valence-corrected chi connectivity index (χ1v) is 18.9. The topological polar surface area (TPSA) is 248 Å². The van der Waals surface area contributed by atoms with Crippen molar-refractivity contribution in [3.05, 3.63) is 43.0 Å². The first kappa shape index (κ1) is 42.9. The van der Waals surface area contributed by atoms with Gasteiger partial charge in [-0.3, -0.25) is 19.3 Å². The van der Waals surface area contributed by atoms with Gasteiger partial charge in [-0.05, 0) is 32.3 Å². The summed E-state index contributed by atoms with van der Waals surface area (Å²) < 4.78 is 0.398. The van der Waals surface area contributed by atoms with E-state index >= 15 is 0 Å². The Hall–Kier alpha value is -2.81. The Morgan fingerprint density at radius 1 is 1.17 bits per heavy atom. The molecule has 1 aromatic heterocycles. The van der Waals surface area contributed by atoms with Crippen LogP contribution in [-0.2, 0) is 24.0 Å². The third-order valence-corrected chi connectivity index (χ3v) is 12.2. The number of ketones is 1. The predicted molar refractivity (Wildman–Crippen MR) is 188 cm³/mol. The number of hydrogen-bond donors (Lipinski definition) is 4. The van der Waals surface area contributed by atoms with Crippen LogP contribution in [-0.4, -0.2) is 110 Å². The molecule has 0 radical (unpaired) electrons. The van der Waals surface area contributed by atoms with Crippen molar-refractivity contribution in [3.63, 3.8) is 0 Å². The third kappa shape index (κ3) is 9.19. The summed E-state index contributed by atoms with van der Waals surface area (Å²) >= 11 is 20.3. The summed E-state index contributed by atoms with van der Waals surface area (Å²) in [6.07, 6.45) is 0.697. The fraction of sp³-hybridized carbons (Fsp3) is 0.452. The van der Waals surface area contributed by atoms with Gasteiger partial charge >= 0.3 is 29.6 Å². The van der Waals surface area contributed by atoms with Gasteiger partial charge in [0, 0.05) is 17.7 Å². The predicted octanol–water partition coefficient (Wildman–Crippen LogP) is -2.11. The smallest absolute Gasteiger partial charge is 0.546 e. The number of nitrogen functional groups attached to an aromatic ring is 1. The second-order valence-electron chi connectivity index (χ2n) is 12.5. The number of phenolic OH excluding ortho intramolecular Hbond substituents is 2. The summed E-state index contributed by atoms with van der Waals surface area (Å²) in [5, 5.41) is 48.6. The quantitative estimate of drug-likeness (QED) is 0.0398. The van der Waals surface area contributed by atoms with Crippen LogP contribution < -0.4 is 50.8 Å². The average Bonchev–Trinajstić information content (AvgIpc) is 3.44. The zero-order valence-electron chi connectivity index (χ0n) is 28.4. The van der Waals surface area contributed by atoms with Crippen LogP contribution in [0.1, 0.15) is 48.7 Å². The molecule has 0 bridgehead atoms. The van der Waals surface area contributed by atoms with Gasteiger partial charge < -0.3 is 50.4 Å². The largest absolute Gasteiger partial charge is 1.00 e. The molecule has 2 fully saturated rings. The molecular formula is C31H32Cl3N6NaO10S2. The summed E-state index contributed by atoms with van der Waals surface area (Å²) in [6.45, 7) is 3.29. The molecule has 280 valence electrons. The van der Waals surface area contributed by atoms with Gasteiger partial charge in [0.05, 0.1) is 70.7 Å². The van der Waals surface area contributed by atoms with Crippen molar-refractivity contribution < 1.29 is 83.3 Å². The number of phenols is 2. The second kappa shape index (κ2) is 17.8. The van der Waals surface area contributed by atoms with E-state index in [4.69, 9.17) is 45.4 Å². The number of β-lactam (4-membered cyclic amide) rings is 1. The minimum absolute atomic E-state index is 0. The number of quaternary nitrogens is 1. The number of fused-ring (bicyclic) bond motifs is 1. The summed E-state index contributed by atoms with van der Waals surface area (Å²) in [6, 6.07) is 1.14. The maximum atomic E-state index is 13.5. The number of oxime groups is 1. The van der Waals surface area contributed by atoms with E-state index in [0.717, 1.165) is 48.5 Å². The molecular weight excluding hydrogens is 810 g/mol. The number of nitrogens with two attached hydrogens (primary N) is 1. The van der Waals surface area contributed by atoms with E-state index in [-0.39, 0.29) is 84.9 Å². The van der Waals surface area contributed by atoms with Crippen molar-refractivity contribution >= 4 is 98.3 Å². The number of thiazole rings is 1. The van der Waals surface area contributed by atoms with Gasteiger partial charge in [0.1, 0.15) is 16.6 Å². The molecule has 3 aliphatic heterocycles. The Morgan fingerprint density at radius 3 is 2.45 bits per heavy atom. The number of likely N-dealkylation sites (tertiary alicyclic amines) is 1. The number of aromatic hydroxyl groups is 2. The van der Waals surface area contributed by atoms with E-state index in [9.17, 15) is 44.4 Å². The number of carbonyl (C=O) groups is 5. The summed E-state index contributed by atoms with van der Waals surface area (Å²) in [4.78, 5) is 73.8. The number of carboxylic acids is 2. The van der Waals surface area contributed by atoms with Gasteiger partial charge in [0.2, 0.25) is 5.91 Å². The number of nitrogens with one attached hydrogen (secondary N) is 1. The first-order chi connectivity index (χ1) is 24.5. The van der Waals surface area contributed by atoms with Crippen LogP contribution in [0.15, 0.2) is 22.5 Å². The molecule has 5 N–H and O–H groups in total. The van der Waals surface area contributed by atoms with Crippen LogP contribution in [0.2, 0.25) is 14.4 Å². The van der Waals surface area contributed by atoms with Crippen molar-refractivity contribution in [1.82, 2.24) is 15.2 Å². The van der Waals surface area contributed by atoms with E-state index in [1.54, 1.807) is 0 Å². The molecule has 0 unspecified atom stereocenters. The molecule has 0 saturated carbocycles. The molecule has 2 saturated heterocycles. The first-order valence-electron chi connectivity index (χ1n) is 15.9. The van der Waals surface area contributed by atoms with Crippen LogP contribution in [0.4, 0.5) is 5.13 Å². The third-order valence-electron chi connectivity index (χ3n) is 9.05. The number of aromatic nitrogens is 1. The minimum atomic E-state index is -1.59. The van der Waals surface area contributed by atoms with Gasteiger partial charge in [-0.15, -0.1) is 11.8 Å². The molecule has 0 aliphatic carbocycles. The van der Waals surface area contributed by atoms with Crippen LogP contribution in [0, 0.1) is 5.92 Å². The van der Waals surface area contributed by atoms with E-state index < -0.39 is 70.6 Å². The number of rotatable bonds is 14. The Kier molecular flexibility index (Phi) is 14.4. The van der Waals surface area contributed by atoms with Gasteiger partial charge in [-0.25, -0.2) is 4.98 Å². The molecule has 0 spiro atoms.